The van der Waals surface area contributed by atoms with E-state index in [9.17, 15) is 0 Å². The van der Waals surface area contributed by atoms with E-state index in [-0.39, 0.29) is 5.28 Å². The standard InChI is InChI=1S/C9H12ClN7S/c1-5-14-15-9(17(5)4)18-8-12-6(10)11-7(13-8)16(2)3/h1-4H3. The molecule has 2 aromatic heterocycles. The van der Waals surface area contributed by atoms with Crippen LogP contribution in [-0.4, -0.2) is 43.8 Å². The summed E-state index contributed by atoms with van der Waals surface area (Å²) in [5.74, 6) is 1.34. The van der Waals surface area contributed by atoms with Gasteiger partial charge in [0.15, 0.2) is 5.16 Å². The highest BCUT2D eigenvalue weighted by Crippen LogP contribution is 2.24. The van der Waals surface area contributed by atoms with Crippen molar-refractivity contribution in [3.05, 3.63) is 11.1 Å². The first kappa shape index (κ1) is 13.0. The van der Waals surface area contributed by atoms with Gasteiger partial charge in [-0.15, -0.1) is 10.2 Å². The Kier molecular flexibility index (Phi) is 3.67. The van der Waals surface area contributed by atoms with Gasteiger partial charge in [-0.25, -0.2) is 0 Å². The zero-order valence-electron chi connectivity index (χ0n) is 10.4. The van der Waals surface area contributed by atoms with Gasteiger partial charge >= 0.3 is 0 Å². The summed E-state index contributed by atoms with van der Waals surface area (Å²) in [6.07, 6.45) is 0. The topological polar surface area (TPSA) is 72.6 Å². The quantitative estimate of drug-likeness (QED) is 0.838. The Balaban J connectivity index is 2.32. The number of anilines is 1. The number of aromatic nitrogens is 6. The van der Waals surface area contributed by atoms with Crippen LogP contribution in [-0.2, 0) is 7.05 Å². The molecular formula is C9H12ClN7S. The average molecular weight is 286 g/mol. The second-order valence-corrected chi connectivity index (χ2v) is 5.04. The molecule has 2 aromatic rings. The normalized spacial score (nSPS) is 10.7. The predicted molar refractivity (Wildman–Crippen MR) is 69.0 cm³/mol. The van der Waals surface area contributed by atoms with Gasteiger partial charge in [-0.3, -0.25) is 0 Å². The molecule has 0 spiro atoms. The largest absolute Gasteiger partial charge is 0.347 e. The molecule has 0 fully saturated rings. The van der Waals surface area contributed by atoms with Crippen molar-refractivity contribution in [2.75, 3.05) is 19.0 Å². The van der Waals surface area contributed by atoms with Crippen LogP contribution in [0.4, 0.5) is 5.95 Å². The summed E-state index contributed by atoms with van der Waals surface area (Å²) in [5, 5.41) is 9.37. The van der Waals surface area contributed by atoms with E-state index in [0.29, 0.717) is 16.3 Å². The molecular weight excluding hydrogens is 274 g/mol. The summed E-state index contributed by atoms with van der Waals surface area (Å²) in [6.45, 7) is 1.88. The van der Waals surface area contributed by atoms with Crippen molar-refractivity contribution >= 4 is 29.3 Å². The minimum atomic E-state index is 0.162. The lowest BCUT2D eigenvalue weighted by Crippen LogP contribution is -2.13. The summed E-state index contributed by atoms with van der Waals surface area (Å²) in [6, 6.07) is 0. The molecule has 2 rings (SSSR count). The van der Waals surface area contributed by atoms with Gasteiger partial charge in [0.2, 0.25) is 16.4 Å². The van der Waals surface area contributed by atoms with E-state index in [1.807, 2.05) is 32.6 Å². The molecule has 0 saturated carbocycles. The van der Waals surface area contributed by atoms with Gasteiger partial charge in [0.1, 0.15) is 5.82 Å². The second kappa shape index (κ2) is 5.07. The fraction of sp³-hybridized carbons (Fsp3) is 0.444. The van der Waals surface area contributed by atoms with Crippen LogP contribution >= 0.6 is 23.4 Å². The lowest BCUT2D eigenvalue weighted by Gasteiger charge is -2.10. The molecule has 0 N–H and O–H groups in total. The van der Waals surface area contributed by atoms with Crippen LogP contribution in [0.3, 0.4) is 0 Å². The van der Waals surface area contributed by atoms with E-state index in [2.05, 4.69) is 25.1 Å². The summed E-state index contributed by atoms with van der Waals surface area (Å²) in [4.78, 5) is 14.1. The number of nitrogens with zero attached hydrogens (tertiary/aromatic N) is 7. The first-order valence-corrected chi connectivity index (χ1v) is 6.29. The van der Waals surface area contributed by atoms with Gasteiger partial charge in [0, 0.05) is 21.1 Å². The van der Waals surface area contributed by atoms with Crippen molar-refractivity contribution in [2.24, 2.45) is 7.05 Å². The maximum absolute atomic E-state index is 5.86. The van der Waals surface area contributed by atoms with Crippen LogP contribution in [0.15, 0.2) is 10.3 Å². The molecule has 2 heterocycles. The highest BCUT2D eigenvalue weighted by Gasteiger charge is 2.12. The van der Waals surface area contributed by atoms with E-state index < -0.39 is 0 Å². The van der Waals surface area contributed by atoms with Crippen LogP contribution in [0.2, 0.25) is 5.28 Å². The first-order valence-electron chi connectivity index (χ1n) is 5.10. The molecule has 0 aliphatic rings. The summed E-state index contributed by atoms with van der Waals surface area (Å²) in [5.41, 5.74) is 0. The van der Waals surface area contributed by atoms with Crippen LogP contribution in [0.1, 0.15) is 5.82 Å². The number of hydrogen-bond acceptors (Lipinski definition) is 7. The van der Waals surface area contributed by atoms with Crippen LogP contribution < -0.4 is 4.90 Å². The smallest absolute Gasteiger partial charge is 0.230 e. The summed E-state index contributed by atoms with van der Waals surface area (Å²) < 4.78 is 1.86. The molecule has 0 aliphatic heterocycles. The molecule has 0 unspecified atom stereocenters. The number of aryl methyl sites for hydroxylation is 1. The molecule has 0 saturated heterocycles. The van der Waals surface area contributed by atoms with Crippen molar-refractivity contribution in [1.29, 1.82) is 0 Å². The Bertz CT molecular complexity index is 568. The molecule has 0 bridgehead atoms. The van der Waals surface area contributed by atoms with Gasteiger partial charge in [-0.1, -0.05) is 0 Å². The van der Waals surface area contributed by atoms with E-state index >= 15 is 0 Å². The molecule has 0 atom stereocenters. The molecule has 0 aromatic carbocycles. The highest BCUT2D eigenvalue weighted by atomic mass is 35.5. The molecule has 0 aliphatic carbocycles. The Morgan fingerprint density at radius 2 is 1.89 bits per heavy atom. The molecule has 0 radical (unpaired) electrons. The molecule has 7 nitrogen and oxygen atoms in total. The Morgan fingerprint density at radius 3 is 2.44 bits per heavy atom. The van der Waals surface area contributed by atoms with Gasteiger partial charge in [0.25, 0.3) is 0 Å². The maximum Gasteiger partial charge on any atom is 0.230 e. The van der Waals surface area contributed by atoms with Crippen molar-refractivity contribution < 1.29 is 0 Å². The van der Waals surface area contributed by atoms with Gasteiger partial charge in [0.05, 0.1) is 0 Å². The van der Waals surface area contributed by atoms with Crippen molar-refractivity contribution in [3.63, 3.8) is 0 Å². The molecule has 96 valence electrons. The Morgan fingerprint density at radius 1 is 1.17 bits per heavy atom. The van der Waals surface area contributed by atoms with E-state index in [1.54, 1.807) is 4.90 Å². The number of hydrogen-bond donors (Lipinski definition) is 0. The SMILES string of the molecule is Cc1nnc(Sc2nc(Cl)nc(N(C)C)n2)n1C. The number of halogens is 1. The van der Waals surface area contributed by atoms with Gasteiger partial charge in [-0.2, -0.15) is 15.0 Å². The van der Waals surface area contributed by atoms with E-state index in [4.69, 9.17) is 11.6 Å². The zero-order valence-corrected chi connectivity index (χ0v) is 12.0. The lowest BCUT2D eigenvalue weighted by molar-refractivity contribution is 0.760. The first-order chi connectivity index (χ1) is 8.47. The third-order valence-corrected chi connectivity index (χ3v) is 3.28. The fourth-order valence-electron chi connectivity index (χ4n) is 1.13. The zero-order chi connectivity index (χ0) is 13.3. The number of rotatable bonds is 3. The minimum absolute atomic E-state index is 0.162. The Labute approximate surface area is 114 Å². The molecule has 0 amide bonds. The molecule has 18 heavy (non-hydrogen) atoms. The average Bonchev–Trinajstić information content (AvgIpc) is 2.60. The lowest BCUT2D eigenvalue weighted by atomic mass is 10.7. The van der Waals surface area contributed by atoms with Crippen molar-refractivity contribution in [2.45, 2.75) is 17.2 Å². The van der Waals surface area contributed by atoms with E-state index in [1.165, 1.54) is 11.8 Å². The fourth-order valence-corrected chi connectivity index (χ4v) is 2.11. The van der Waals surface area contributed by atoms with Crippen LogP contribution in [0.25, 0.3) is 0 Å². The molecule has 9 heteroatoms. The van der Waals surface area contributed by atoms with Crippen LogP contribution in [0, 0.1) is 6.92 Å². The monoisotopic (exact) mass is 285 g/mol. The minimum Gasteiger partial charge on any atom is -0.347 e. The van der Waals surface area contributed by atoms with Crippen molar-refractivity contribution in [1.82, 2.24) is 29.7 Å². The third-order valence-electron chi connectivity index (χ3n) is 2.21. The predicted octanol–water partition coefficient (Wildman–Crippen LogP) is 1.18. The van der Waals surface area contributed by atoms with Crippen molar-refractivity contribution in [3.8, 4) is 0 Å². The highest BCUT2D eigenvalue weighted by molar-refractivity contribution is 7.99. The maximum atomic E-state index is 5.86. The third kappa shape index (κ3) is 2.70. The van der Waals surface area contributed by atoms with Gasteiger partial charge < -0.3 is 9.47 Å². The summed E-state index contributed by atoms with van der Waals surface area (Å²) >= 11 is 7.16. The Hall–Kier alpha value is -1.41. The van der Waals surface area contributed by atoms with E-state index in [0.717, 1.165) is 5.82 Å². The second-order valence-electron chi connectivity index (χ2n) is 3.77. The summed E-state index contributed by atoms with van der Waals surface area (Å²) in [7, 11) is 5.56. The van der Waals surface area contributed by atoms with Gasteiger partial charge in [-0.05, 0) is 30.3 Å². The van der Waals surface area contributed by atoms with Crippen LogP contribution in [0.5, 0.6) is 0 Å².